The van der Waals surface area contributed by atoms with E-state index in [-0.39, 0.29) is 10.1 Å². The molecule has 1 saturated heterocycles. The normalized spacial score (nSPS) is 16.4. The topological polar surface area (TPSA) is 104 Å². The van der Waals surface area contributed by atoms with Crippen LogP contribution in [0.2, 0.25) is 0 Å². The lowest BCUT2D eigenvalue weighted by Gasteiger charge is -2.05. The fraction of sp³-hybridized carbons (Fsp3) is 0.0500. The predicted octanol–water partition coefficient (Wildman–Crippen LogP) is 2.84. The summed E-state index contributed by atoms with van der Waals surface area (Å²) in [4.78, 5) is 23.2. The molecule has 138 valence electrons. The Labute approximate surface area is 165 Å². The summed E-state index contributed by atoms with van der Waals surface area (Å²) in [6.45, 7) is 0. The number of carbonyl (C=O) groups is 2. The molecule has 0 aromatic heterocycles. The highest BCUT2D eigenvalue weighted by Crippen LogP contribution is 2.24. The van der Waals surface area contributed by atoms with Gasteiger partial charge in [0.2, 0.25) is 0 Å². The van der Waals surface area contributed by atoms with E-state index in [2.05, 4.69) is 26.3 Å². The maximum Gasteiger partial charge on any atom is 0.331 e. The van der Waals surface area contributed by atoms with Crippen molar-refractivity contribution in [2.45, 2.75) is 0 Å². The van der Waals surface area contributed by atoms with Gasteiger partial charge in [0, 0.05) is 11.6 Å². The van der Waals surface area contributed by atoms with E-state index < -0.39 is 11.9 Å². The molecular formula is C20H14N4O3S. The van der Waals surface area contributed by atoms with E-state index in [1.54, 1.807) is 18.3 Å². The Hall–Kier alpha value is -3.70. The molecule has 1 fully saturated rings. The van der Waals surface area contributed by atoms with Gasteiger partial charge in [-0.25, -0.2) is 4.79 Å². The monoisotopic (exact) mass is 390 g/mol. The molecule has 8 heteroatoms. The zero-order valence-electron chi connectivity index (χ0n) is 14.7. The number of amidine groups is 1. The summed E-state index contributed by atoms with van der Waals surface area (Å²) in [6, 6.07) is 17.0. The first-order valence-electron chi connectivity index (χ1n) is 8.10. The van der Waals surface area contributed by atoms with E-state index in [1.165, 1.54) is 7.11 Å². The van der Waals surface area contributed by atoms with Gasteiger partial charge in [-0.2, -0.15) is 10.4 Å². The number of nitrogens with zero attached hydrogens (tertiary/aromatic N) is 3. The van der Waals surface area contributed by atoms with Crippen molar-refractivity contribution in [3.05, 3.63) is 70.6 Å². The van der Waals surface area contributed by atoms with Gasteiger partial charge in [0.15, 0.2) is 5.17 Å². The van der Waals surface area contributed by atoms with E-state index in [9.17, 15) is 9.59 Å². The second-order valence-electron chi connectivity index (χ2n) is 5.51. The highest BCUT2D eigenvalue weighted by atomic mass is 32.2. The van der Waals surface area contributed by atoms with Crippen LogP contribution in [0.15, 0.2) is 69.7 Å². The lowest BCUT2D eigenvalue weighted by Crippen LogP contribution is -2.19. The molecule has 0 spiro atoms. The van der Waals surface area contributed by atoms with Gasteiger partial charge < -0.3 is 4.74 Å². The molecule has 0 aliphatic carbocycles. The quantitative estimate of drug-likeness (QED) is 0.374. The van der Waals surface area contributed by atoms with Crippen molar-refractivity contribution in [3.8, 4) is 17.2 Å². The van der Waals surface area contributed by atoms with Gasteiger partial charge in [0.1, 0.15) is 0 Å². The number of nitrogens with one attached hydrogen (secondary N) is 1. The van der Waals surface area contributed by atoms with Crippen molar-refractivity contribution in [3.63, 3.8) is 0 Å². The van der Waals surface area contributed by atoms with Gasteiger partial charge in [-0.3, -0.25) is 10.1 Å². The summed E-state index contributed by atoms with van der Waals surface area (Å²) in [5.74, 6) is -1.04. The van der Waals surface area contributed by atoms with Gasteiger partial charge >= 0.3 is 5.97 Å². The SMILES string of the molecule is COC(=O)/C=C1/S/C(=N\N=Cc2ccccc2-c2ccc(C#N)cc2)NC1=O. The van der Waals surface area contributed by atoms with Crippen LogP contribution in [-0.2, 0) is 14.3 Å². The van der Waals surface area contributed by atoms with Crippen LogP contribution in [0.3, 0.4) is 0 Å². The summed E-state index contributed by atoms with van der Waals surface area (Å²) in [5.41, 5.74) is 3.30. The maximum atomic E-state index is 11.8. The number of nitriles is 1. The molecular weight excluding hydrogens is 376 g/mol. The summed E-state index contributed by atoms with van der Waals surface area (Å²) in [7, 11) is 1.24. The van der Waals surface area contributed by atoms with E-state index in [1.807, 2.05) is 36.4 Å². The van der Waals surface area contributed by atoms with Crippen molar-refractivity contribution in [2.24, 2.45) is 10.2 Å². The number of hydrogen-bond donors (Lipinski definition) is 1. The molecule has 1 N–H and O–H groups in total. The molecule has 2 aromatic carbocycles. The molecule has 1 heterocycles. The molecule has 0 bridgehead atoms. The number of hydrogen-bond acceptors (Lipinski definition) is 7. The van der Waals surface area contributed by atoms with Gasteiger partial charge in [-0.05, 0) is 35.0 Å². The first-order chi connectivity index (χ1) is 13.6. The highest BCUT2D eigenvalue weighted by molar-refractivity contribution is 8.18. The molecule has 0 atom stereocenters. The molecule has 1 aliphatic rings. The number of esters is 1. The minimum Gasteiger partial charge on any atom is -0.466 e. The van der Waals surface area contributed by atoms with Crippen LogP contribution in [0, 0.1) is 11.3 Å². The second kappa shape index (κ2) is 8.79. The van der Waals surface area contributed by atoms with Crippen molar-refractivity contribution in [2.75, 3.05) is 7.11 Å². The third-order valence-corrected chi connectivity index (χ3v) is 4.63. The Morgan fingerprint density at radius 2 is 1.96 bits per heavy atom. The first kappa shape index (κ1) is 19.1. The molecule has 0 radical (unpaired) electrons. The van der Waals surface area contributed by atoms with Gasteiger partial charge in [0.25, 0.3) is 5.91 Å². The Morgan fingerprint density at radius 3 is 2.68 bits per heavy atom. The third-order valence-electron chi connectivity index (χ3n) is 3.73. The van der Waals surface area contributed by atoms with Gasteiger partial charge in [-0.1, -0.05) is 36.4 Å². The Bertz CT molecular complexity index is 1050. The van der Waals surface area contributed by atoms with Crippen LogP contribution in [0.25, 0.3) is 11.1 Å². The Morgan fingerprint density at radius 1 is 1.21 bits per heavy atom. The third kappa shape index (κ3) is 4.52. The second-order valence-corrected chi connectivity index (χ2v) is 6.54. The van der Waals surface area contributed by atoms with Gasteiger partial charge in [0.05, 0.1) is 29.9 Å². The molecule has 7 nitrogen and oxygen atoms in total. The number of carbonyl (C=O) groups excluding carboxylic acids is 2. The standard InChI is InChI=1S/C20H14N4O3S/c1-27-18(25)10-17-19(26)23-20(28-17)24-22-12-15-4-2-3-5-16(15)14-8-6-13(11-21)7-9-14/h2-10,12H,1H3,(H,23,24,26)/b17-10+,22-12?. The van der Waals surface area contributed by atoms with Crippen LogP contribution >= 0.6 is 11.8 Å². The van der Waals surface area contributed by atoms with Crippen LogP contribution in [-0.4, -0.2) is 30.4 Å². The molecule has 3 rings (SSSR count). The first-order valence-corrected chi connectivity index (χ1v) is 8.92. The molecule has 1 amide bonds. The van der Waals surface area contributed by atoms with Crippen molar-refractivity contribution < 1.29 is 14.3 Å². The van der Waals surface area contributed by atoms with Crippen LogP contribution in [0.4, 0.5) is 0 Å². The van der Waals surface area contributed by atoms with E-state index in [4.69, 9.17) is 5.26 Å². The van der Waals surface area contributed by atoms with E-state index >= 15 is 0 Å². The smallest absolute Gasteiger partial charge is 0.331 e. The lowest BCUT2D eigenvalue weighted by molar-refractivity contribution is -0.135. The van der Waals surface area contributed by atoms with Crippen molar-refractivity contribution in [1.82, 2.24) is 5.32 Å². The van der Waals surface area contributed by atoms with E-state index in [0.29, 0.717) is 5.56 Å². The van der Waals surface area contributed by atoms with Gasteiger partial charge in [-0.15, -0.1) is 5.10 Å². The largest absolute Gasteiger partial charge is 0.466 e. The minimum atomic E-state index is -0.612. The Balaban J connectivity index is 1.79. The molecule has 1 aliphatic heterocycles. The molecule has 0 saturated carbocycles. The fourth-order valence-corrected chi connectivity index (χ4v) is 3.12. The summed E-state index contributed by atoms with van der Waals surface area (Å²) < 4.78 is 4.51. The van der Waals surface area contributed by atoms with Crippen LogP contribution in [0.1, 0.15) is 11.1 Å². The molecule has 28 heavy (non-hydrogen) atoms. The minimum absolute atomic E-state index is 0.193. The predicted molar refractivity (Wildman–Crippen MR) is 107 cm³/mol. The van der Waals surface area contributed by atoms with Crippen LogP contribution < -0.4 is 5.32 Å². The van der Waals surface area contributed by atoms with Crippen molar-refractivity contribution in [1.29, 1.82) is 5.26 Å². The molecule has 2 aromatic rings. The Kier molecular flexibility index (Phi) is 5.99. The number of benzene rings is 2. The fourth-order valence-electron chi connectivity index (χ4n) is 2.38. The average Bonchev–Trinajstić information content (AvgIpc) is 3.07. The maximum absolute atomic E-state index is 11.8. The zero-order valence-corrected chi connectivity index (χ0v) is 15.6. The summed E-state index contributed by atoms with van der Waals surface area (Å²) in [5, 5.41) is 19.8. The number of ether oxygens (including phenoxy) is 1. The average molecular weight is 390 g/mol. The summed E-state index contributed by atoms with van der Waals surface area (Å²) >= 11 is 1.01. The summed E-state index contributed by atoms with van der Waals surface area (Å²) in [6.07, 6.45) is 2.68. The van der Waals surface area contributed by atoms with Crippen LogP contribution in [0.5, 0.6) is 0 Å². The van der Waals surface area contributed by atoms with E-state index in [0.717, 1.165) is 34.5 Å². The zero-order chi connectivity index (χ0) is 19.9. The highest BCUT2D eigenvalue weighted by Gasteiger charge is 2.25. The van der Waals surface area contributed by atoms with Crippen molar-refractivity contribution >= 4 is 35.0 Å². The molecule has 0 unspecified atom stereocenters. The lowest BCUT2D eigenvalue weighted by atomic mass is 9.99. The number of methoxy groups -OCH3 is 1. The number of amides is 1. The number of rotatable bonds is 4. The number of thioether (sulfide) groups is 1.